The standard InChI is InChI=1S/C16H31NO3/c1-5-10-17-11-7-8-16(19,9-12-17)14(13(3)4)15(18)20-6-2/h13-14,19H,5-12H2,1-4H3. The van der Waals surface area contributed by atoms with Crippen molar-refractivity contribution >= 4 is 5.97 Å². The van der Waals surface area contributed by atoms with Crippen LogP contribution >= 0.6 is 0 Å². The topological polar surface area (TPSA) is 49.8 Å². The van der Waals surface area contributed by atoms with Crippen LogP contribution in [0.15, 0.2) is 0 Å². The number of nitrogens with zero attached hydrogens (tertiary/aromatic N) is 1. The Kier molecular flexibility index (Phi) is 6.96. The molecule has 0 bridgehead atoms. The molecule has 0 saturated carbocycles. The molecule has 1 heterocycles. The second-order valence-electron chi connectivity index (χ2n) is 6.27. The molecule has 118 valence electrons. The van der Waals surface area contributed by atoms with Crippen molar-refractivity contribution in [1.82, 2.24) is 4.90 Å². The summed E-state index contributed by atoms with van der Waals surface area (Å²) in [6, 6.07) is 0. The second-order valence-corrected chi connectivity index (χ2v) is 6.27. The minimum atomic E-state index is -0.914. The van der Waals surface area contributed by atoms with Crippen molar-refractivity contribution in [2.24, 2.45) is 11.8 Å². The first kappa shape index (κ1) is 17.4. The normalized spacial score (nSPS) is 26.3. The Hall–Kier alpha value is -0.610. The molecule has 20 heavy (non-hydrogen) atoms. The molecule has 1 aliphatic heterocycles. The molecule has 0 aromatic carbocycles. The third kappa shape index (κ3) is 4.45. The highest BCUT2D eigenvalue weighted by Crippen LogP contribution is 2.35. The van der Waals surface area contributed by atoms with Gasteiger partial charge in [0.15, 0.2) is 0 Å². The van der Waals surface area contributed by atoms with E-state index in [1.165, 1.54) is 0 Å². The van der Waals surface area contributed by atoms with Gasteiger partial charge in [0.25, 0.3) is 0 Å². The maximum atomic E-state index is 12.2. The van der Waals surface area contributed by atoms with Crippen LogP contribution in [0.3, 0.4) is 0 Å². The van der Waals surface area contributed by atoms with Crippen molar-refractivity contribution in [2.75, 3.05) is 26.2 Å². The molecule has 0 spiro atoms. The van der Waals surface area contributed by atoms with Gasteiger partial charge in [-0.2, -0.15) is 0 Å². The number of ether oxygens (including phenoxy) is 1. The Morgan fingerprint density at radius 1 is 1.30 bits per heavy atom. The molecule has 2 atom stereocenters. The van der Waals surface area contributed by atoms with Crippen molar-refractivity contribution in [2.45, 2.75) is 59.0 Å². The zero-order chi connectivity index (χ0) is 15.2. The highest BCUT2D eigenvalue weighted by Gasteiger charge is 2.44. The van der Waals surface area contributed by atoms with Crippen molar-refractivity contribution in [3.63, 3.8) is 0 Å². The third-order valence-electron chi connectivity index (χ3n) is 4.27. The Morgan fingerprint density at radius 3 is 2.55 bits per heavy atom. The van der Waals surface area contributed by atoms with E-state index in [-0.39, 0.29) is 11.9 Å². The van der Waals surface area contributed by atoms with E-state index >= 15 is 0 Å². The van der Waals surface area contributed by atoms with Crippen LogP contribution in [0.5, 0.6) is 0 Å². The molecule has 0 aromatic heterocycles. The number of hydrogen-bond acceptors (Lipinski definition) is 4. The van der Waals surface area contributed by atoms with E-state index in [1.807, 2.05) is 20.8 Å². The monoisotopic (exact) mass is 285 g/mol. The molecule has 1 aliphatic rings. The lowest BCUT2D eigenvalue weighted by molar-refractivity contribution is -0.163. The summed E-state index contributed by atoms with van der Waals surface area (Å²) < 4.78 is 5.19. The van der Waals surface area contributed by atoms with Gasteiger partial charge in [0.1, 0.15) is 0 Å². The Morgan fingerprint density at radius 2 is 2.00 bits per heavy atom. The van der Waals surface area contributed by atoms with Gasteiger partial charge >= 0.3 is 5.97 Å². The first-order valence-corrected chi connectivity index (χ1v) is 8.06. The molecule has 1 rings (SSSR count). The van der Waals surface area contributed by atoms with Crippen molar-refractivity contribution in [1.29, 1.82) is 0 Å². The zero-order valence-corrected chi connectivity index (χ0v) is 13.5. The summed E-state index contributed by atoms with van der Waals surface area (Å²) in [5.74, 6) is -0.560. The summed E-state index contributed by atoms with van der Waals surface area (Å²) in [7, 11) is 0. The summed E-state index contributed by atoms with van der Waals surface area (Å²) in [5, 5.41) is 11.0. The van der Waals surface area contributed by atoms with Crippen molar-refractivity contribution in [3.8, 4) is 0 Å². The smallest absolute Gasteiger partial charge is 0.312 e. The molecule has 0 radical (unpaired) electrons. The lowest BCUT2D eigenvalue weighted by Gasteiger charge is -2.36. The molecule has 0 amide bonds. The number of hydrogen-bond donors (Lipinski definition) is 1. The third-order valence-corrected chi connectivity index (χ3v) is 4.27. The molecule has 4 heteroatoms. The highest BCUT2D eigenvalue weighted by molar-refractivity contribution is 5.74. The van der Waals surface area contributed by atoms with E-state index in [0.717, 1.165) is 32.5 Å². The van der Waals surface area contributed by atoms with Gasteiger partial charge in [-0.3, -0.25) is 4.79 Å². The highest BCUT2D eigenvalue weighted by atomic mass is 16.5. The average molecular weight is 285 g/mol. The lowest BCUT2D eigenvalue weighted by atomic mass is 9.75. The number of aliphatic hydroxyl groups is 1. The summed E-state index contributed by atoms with van der Waals surface area (Å²) in [4.78, 5) is 14.6. The summed E-state index contributed by atoms with van der Waals surface area (Å²) in [6.07, 6.45) is 3.42. The van der Waals surface area contributed by atoms with Gasteiger partial charge in [-0.25, -0.2) is 0 Å². The van der Waals surface area contributed by atoms with E-state index < -0.39 is 11.5 Å². The van der Waals surface area contributed by atoms with E-state index in [0.29, 0.717) is 19.4 Å². The molecule has 0 aromatic rings. The quantitative estimate of drug-likeness (QED) is 0.762. The van der Waals surface area contributed by atoms with E-state index in [4.69, 9.17) is 4.74 Å². The number of esters is 1. The van der Waals surface area contributed by atoms with Gasteiger partial charge in [0, 0.05) is 6.54 Å². The van der Waals surface area contributed by atoms with Crippen LogP contribution < -0.4 is 0 Å². The van der Waals surface area contributed by atoms with Crippen LogP contribution in [0.1, 0.15) is 53.4 Å². The van der Waals surface area contributed by atoms with Crippen LogP contribution in [0.25, 0.3) is 0 Å². The minimum Gasteiger partial charge on any atom is -0.466 e. The molecule has 1 N–H and O–H groups in total. The van der Waals surface area contributed by atoms with Gasteiger partial charge < -0.3 is 14.7 Å². The molecular weight excluding hydrogens is 254 g/mol. The van der Waals surface area contributed by atoms with Gasteiger partial charge in [-0.1, -0.05) is 20.8 Å². The number of carbonyl (C=O) groups excluding carboxylic acids is 1. The van der Waals surface area contributed by atoms with Crippen LogP contribution in [-0.2, 0) is 9.53 Å². The molecule has 0 aliphatic carbocycles. The maximum Gasteiger partial charge on any atom is 0.312 e. The van der Waals surface area contributed by atoms with Crippen LogP contribution in [-0.4, -0.2) is 47.8 Å². The molecule has 4 nitrogen and oxygen atoms in total. The fourth-order valence-corrected chi connectivity index (χ4v) is 3.39. The minimum absolute atomic E-state index is 0.0942. The molecular formula is C16H31NO3. The number of likely N-dealkylation sites (tertiary alicyclic amines) is 1. The van der Waals surface area contributed by atoms with E-state index in [2.05, 4.69) is 11.8 Å². The first-order valence-electron chi connectivity index (χ1n) is 8.06. The molecule has 2 unspecified atom stereocenters. The largest absolute Gasteiger partial charge is 0.466 e. The predicted octanol–water partition coefficient (Wildman–Crippen LogP) is 2.45. The van der Waals surface area contributed by atoms with Gasteiger partial charge in [0.05, 0.1) is 18.1 Å². The van der Waals surface area contributed by atoms with Gasteiger partial charge in [-0.15, -0.1) is 0 Å². The molecule has 1 saturated heterocycles. The lowest BCUT2D eigenvalue weighted by Crippen LogP contribution is -2.46. The van der Waals surface area contributed by atoms with E-state index in [9.17, 15) is 9.90 Å². The second kappa shape index (κ2) is 7.99. The fraction of sp³-hybridized carbons (Fsp3) is 0.938. The number of carbonyl (C=O) groups is 1. The van der Waals surface area contributed by atoms with Gasteiger partial charge in [-0.05, 0) is 51.6 Å². The predicted molar refractivity (Wildman–Crippen MR) is 80.5 cm³/mol. The maximum absolute atomic E-state index is 12.2. The number of rotatable bonds is 6. The van der Waals surface area contributed by atoms with E-state index in [1.54, 1.807) is 0 Å². The van der Waals surface area contributed by atoms with Crippen molar-refractivity contribution < 1.29 is 14.6 Å². The Labute approximate surface area is 123 Å². The molecule has 1 fully saturated rings. The summed E-state index contributed by atoms with van der Waals surface area (Å²) in [5.41, 5.74) is -0.914. The fourth-order valence-electron chi connectivity index (χ4n) is 3.39. The summed E-state index contributed by atoms with van der Waals surface area (Å²) in [6.45, 7) is 11.3. The summed E-state index contributed by atoms with van der Waals surface area (Å²) >= 11 is 0. The van der Waals surface area contributed by atoms with Crippen LogP contribution in [0.4, 0.5) is 0 Å². The van der Waals surface area contributed by atoms with Gasteiger partial charge in [0.2, 0.25) is 0 Å². The van der Waals surface area contributed by atoms with Crippen molar-refractivity contribution in [3.05, 3.63) is 0 Å². The zero-order valence-electron chi connectivity index (χ0n) is 13.5. The van der Waals surface area contributed by atoms with Crippen LogP contribution in [0, 0.1) is 11.8 Å². The Balaban J connectivity index is 2.80. The Bertz CT molecular complexity index is 306. The first-order chi connectivity index (χ1) is 9.44. The SMILES string of the molecule is CCCN1CCCC(O)(C(C(=O)OCC)C(C)C)CC1. The average Bonchev–Trinajstić information content (AvgIpc) is 2.53. The van der Waals surface area contributed by atoms with Crippen LogP contribution in [0.2, 0.25) is 0 Å².